The highest BCUT2D eigenvalue weighted by atomic mass is 16.5. The normalized spacial score (nSPS) is 13.6. The van der Waals surface area contributed by atoms with Gasteiger partial charge in [-0.15, -0.1) is 0 Å². The predicted octanol–water partition coefficient (Wildman–Crippen LogP) is 3.14. The molecule has 2 heterocycles. The zero-order chi connectivity index (χ0) is 19.9. The molecule has 2 N–H and O–H groups in total. The van der Waals surface area contributed by atoms with E-state index in [4.69, 9.17) is 14.2 Å². The van der Waals surface area contributed by atoms with E-state index in [2.05, 4.69) is 25.5 Å². The Balaban J connectivity index is 1.65. The molecule has 9 nitrogen and oxygen atoms in total. The molecule has 3 rings (SSSR count). The Morgan fingerprint density at radius 3 is 2.00 bits per heavy atom. The summed E-state index contributed by atoms with van der Waals surface area (Å²) in [6.45, 7) is 1.93. The summed E-state index contributed by atoms with van der Waals surface area (Å²) in [4.78, 5) is 23.2. The molecule has 0 radical (unpaired) electrons. The van der Waals surface area contributed by atoms with Crippen LogP contribution in [0.5, 0.6) is 17.2 Å². The van der Waals surface area contributed by atoms with Crippen LogP contribution in [0.15, 0.2) is 24.5 Å². The number of anilines is 3. The van der Waals surface area contributed by atoms with Crippen LogP contribution in [0.3, 0.4) is 0 Å². The zero-order valence-electron chi connectivity index (χ0n) is 16.3. The molecular weight excluding hydrogens is 362 g/mol. The molecule has 1 aromatic heterocycles. The zero-order valence-corrected chi connectivity index (χ0v) is 16.3. The molecule has 1 saturated heterocycles. The van der Waals surface area contributed by atoms with Crippen LogP contribution in [0, 0.1) is 0 Å². The minimum Gasteiger partial charge on any atom is -0.493 e. The highest BCUT2D eigenvalue weighted by molar-refractivity contribution is 6.00. The number of nitrogens with one attached hydrogen (secondary N) is 2. The second-order valence-corrected chi connectivity index (χ2v) is 6.31. The van der Waals surface area contributed by atoms with Crippen LogP contribution in [-0.4, -0.2) is 50.4 Å². The Bertz CT molecular complexity index is 781. The molecule has 28 heavy (non-hydrogen) atoms. The van der Waals surface area contributed by atoms with Gasteiger partial charge in [-0.05, 0) is 19.3 Å². The van der Waals surface area contributed by atoms with E-state index in [-0.39, 0.29) is 0 Å². The molecule has 0 saturated carbocycles. The third-order valence-corrected chi connectivity index (χ3v) is 4.46. The number of amides is 2. The van der Waals surface area contributed by atoms with Crippen molar-refractivity contribution < 1.29 is 19.0 Å². The number of piperidine rings is 1. The van der Waals surface area contributed by atoms with Crippen molar-refractivity contribution in [1.29, 1.82) is 0 Å². The Morgan fingerprint density at radius 1 is 0.893 bits per heavy atom. The van der Waals surface area contributed by atoms with Gasteiger partial charge in [0.25, 0.3) is 0 Å². The largest absolute Gasteiger partial charge is 0.493 e. The van der Waals surface area contributed by atoms with Gasteiger partial charge in [0.15, 0.2) is 11.5 Å². The number of aromatic nitrogens is 2. The third-order valence-electron chi connectivity index (χ3n) is 4.46. The summed E-state index contributed by atoms with van der Waals surface area (Å²) in [5.41, 5.74) is 1.00. The first-order chi connectivity index (χ1) is 13.6. The first-order valence-corrected chi connectivity index (χ1v) is 9.09. The molecule has 0 unspecified atom stereocenters. The highest BCUT2D eigenvalue weighted by Crippen LogP contribution is 2.39. The monoisotopic (exact) mass is 387 g/mol. The van der Waals surface area contributed by atoms with Gasteiger partial charge >= 0.3 is 6.03 Å². The minimum atomic E-state index is -0.427. The molecule has 2 aromatic rings. The molecule has 0 bridgehead atoms. The minimum absolute atomic E-state index is 0.427. The van der Waals surface area contributed by atoms with Crippen molar-refractivity contribution in [3.63, 3.8) is 0 Å². The van der Waals surface area contributed by atoms with Gasteiger partial charge in [0, 0.05) is 25.2 Å². The number of methoxy groups -OCH3 is 3. The summed E-state index contributed by atoms with van der Waals surface area (Å²) < 4.78 is 15.9. The quantitative estimate of drug-likeness (QED) is 0.786. The fourth-order valence-corrected chi connectivity index (χ4v) is 3.09. The van der Waals surface area contributed by atoms with Gasteiger partial charge in [-0.1, -0.05) is 0 Å². The van der Waals surface area contributed by atoms with Crippen molar-refractivity contribution in [3.05, 3.63) is 24.5 Å². The highest BCUT2D eigenvalue weighted by Gasteiger charge is 2.16. The lowest BCUT2D eigenvalue weighted by Gasteiger charge is -2.26. The maximum atomic E-state index is 12.3. The topological polar surface area (TPSA) is 97.8 Å². The molecule has 2 amide bonds. The molecule has 9 heteroatoms. The van der Waals surface area contributed by atoms with Gasteiger partial charge in [-0.25, -0.2) is 14.8 Å². The lowest BCUT2D eigenvalue weighted by atomic mass is 10.1. The Hall–Kier alpha value is -3.23. The molecule has 1 aromatic carbocycles. The number of ether oxygens (including phenoxy) is 3. The number of carbonyl (C=O) groups excluding carboxylic acids is 1. The van der Waals surface area contributed by atoms with Crippen molar-refractivity contribution in [3.8, 4) is 17.2 Å². The summed E-state index contributed by atoms with van der Waals surface area (Å²) in [6.07, 6.45) is 6.76. The molecule has 0 spiro atoms. The van der Waals surface area contributed by atoms with Crippen molar-refractivity contribution in [2.45, 2.75) is 19.3 Å². The number of hydrogen-bond acceptors (Lipinski definition) is 7. The molecule has 0 aliphatic carbocycles. The van der Waals surface area contributed by atoms with Crippen LogP contribution in [0.25, 0.3) is 0 Å². The van der Waals surface area contributed by atoms with Gasteiger partial charge in [0.2, 0.25) is 11.7 Å². The van der Waals surface area contributed by atoms with Gasteiger partial charge in [-0.3, -0.25) is 0 Å². The van der Waals surface area contributed by atoms with E-state index in [0.29, 0.717) is 34.6 Å². The summed E-state index contributed by atoms with van der Waals surface area (Å²) >= 11 is 0. The van der Waals surface area contributed by atoms with E-state index >= 15 is 0 Å². The molecule has 0 atom stereocenters. The van der Waals surface area contributed by atoms with E-state index in [1.165, 1.54) is 27.8 Å². The average molecular weight is 387 g/mol. The van der Waals surface area contributed by atoms with Gasteiger partial charge in [0.05, 0.1) is 45.1 Å². The maximum Gasteiger partial charge on any atom is 0.323 e. The Kier molecular flexibility index (Phi) is 6.36. The molecular formula is C19H25N5O4. The summed E-state index contributed by atoms with van der Waals surface area (Å²) in [7, 11) is 4.55. The van der Waals surface area contributed by atoms with E-state index < -0.39 is 6.03 Å². The van der Waals surface area contributed by atoms with Crippen LogP contribution >= 0.6 is 0 Å². The molecule has 1 aliphatic heterocycles. The summed E-state index contributed by atoms with van der Waals surface area (Å²) in [5.74, 6) is 2.05. The SMILES string of the molecule is COc1cc(NC(=O)Nc2cnc(N3CCCCC3)nc2)cc(OC)c1OC. The fraction of sp³-hybridized carbons (Fsp3) is 0.421. The van der Waals surface area contributed by atoms with Gasteiger partial charge in [-0.2, -0.15) is 0 Å². The lowest BCUT2D eigenvalue weighted by Crippen LogP contribution is -2.31. The van der Waals surface area contributed by atoms with Gasteiger partial charge < -0.3 is 29.7 Å². The van der Waals surface area contributed by atoms with Crippen molar-refractivity contribution in [1.82, 2.24) is 9.97 Å². The number of hydrogen-bond donors (Lipinski definition) is 2. The average Bonchev–Trinajstić information content (AvgIpc) is 2.74. The Morgan fingerprint density at radius 2 is 1.46 bits per heavy atom. The number of nitrogens with zero attached hydrogens (tertiary/aromatic N) is 3. The van der Waals surface area contributed by atoms with E-state index in [1.807, 2.05) is 0 Å². The first kappa shape index (κ1) is 19.5. The number of carbonyl (C=O) groups is 1. The van der Waals surface area contributed by atoms with Crippen LogP contribution in [0.2, 0.25) is 0 Å². The van der Waals surface area contributed by atoms with Crippen molar-refractivity contribution in [2.75, 3.05) is 50.0 Å². The van der Waals surface area contributed by atoms with Crippen LogP contribution < -0.4 is 29.7 Å². The Labute approximate surface area is 164 Å². The first-order valence-electron chi connectivity index (χ1n) is 9.09. The maximum absolute atomic E-state index is 12.3. The summed E-state index contributed by atoms with van der Waals surface area (Å²) in [5, 5.41) is 5.46. The number of rotatable bonds is 6. The van der Waals surface area contributed by atoms with Crippen molar-refractivity contribution in [2.24, 2.45) is 0 Å². The van der Waals surface area contributed by atoms with Crippen LogP contribution in [0.4, 0.5) is 22.1 Å². The summed E-state index contributed by atoms with van der Waals surface area (Å²) in [6, 6.07) is 2.87. The molecule has 1 fully saturated rings. The van der Waals surface area contributed by atoms with Crippen molar-refractivity contribution >= 4 is 23.4 Å². The standard InChI is InChI=1S/C19H25N5O4/c1-26-15-9-13(10-16(27-2)17(15)28-3)22-19(25)23-14-11-20-18(21-12-14)24-7-5-4-6-8-24/h9-12H,4-8H2,1-3H3,(H2,22,23,25). The van der Waals surface area contributed by atoms with E-state index in [1.54, 1.807) is 24.5 Å². The lowest BCUT2D eigenvalue weighted by molar-refractivity contribution is 0.262. The van der Waals surface area contributed by atoms with Crippen LogP contribution in [0.1, 0.15) is 19.3 Å². The third kappa shape index (κ3) is 4.54. The second-order valence-electron chi connectivity index (χ2n) is 6.31. The number of benzene rings is 1. The second kappa shape index (κ2) is 9.12. The smallest absolute Gasteiger partial charge is 0.323 e. The predicted molar refractivity (Wildman–Crippen MR) is 107 cm³/mol. The molecule has 150 valence electrons. The van der Waals surface area contributed by atoms with Crippen LogP contribution in [-0.2, 0) is 0 Å². The number of urea groups is 1. The molecule has 1 aliphatic rings. The van der Waals surface area contributed by atoms with Gasteiger partial charge in [0.1, 0.15) is 0 Å². The van der Waals surface area contributed by atoms with E-state index in [9.17, 15) is 4.79 Å². The fourth-order valence-electron chi connectivity index (χ4n) is 3.09. The van der Waals surface area contributed by atoms with E-state index in [0.717, 1.165) is 25.9 Å².